The molecule has 0 aliphatic carbocycles. The van der Waals surface area contributed by atoms with Gasteiger partial charge in [0.1, 0.15) is 5.82 Å². The number of ether oxygens (including phenoxy) is 2. The molecule has 1 amide bonds. The maximum Gasteiger partial charge on any atom is 0.224 e. The molecule has 0 atom stereocenters. The number of imidazole rings is 1. The molecule has 6 nitrogen and oxygen atoms in total. The first-order chi connectivity index (χ1) is 21.1. The second-order valence-electron chi connectivity index (χ2n) is 10.5. The van der Waals surface area contributed by atoms with Crippen LogP contribution < -0.4 is 14.8 Å². The molecule has 0 aliphatic rings. The largest absolute Gasteiger partial charge is 0.493 e. The number of nitrogens with one attached hydrogen (secondary N) is 1. The van der Waals surface area contributed by atoms with Crippen molar-refractivity contribution >= 4 is 16.9 Å². The first kappa shape index (κ1) is 29.6. The molecule has 0 radical (unpaired) electrons. The molecule has 0 aliphatic heterocycles. The minimum Gasteiger partial charge on any atom is -0.493 e. The van der Waals surface area contributed by atoms with Gasteiger partial charge in [-0.15, -0.1) is 6.58 Å². The number of carbonyl (C=O) groups is 1. The van der Waals surface area contributed by atoms with Gasteiger partial charge in [-0.05, 0) is 65.8 Å². The Kier molecular flexibility index (Phi) is 10.3. The van der Waals surface area contributed by atoms with Gasteiger partial charge in [0, 0.05) is 19.5 Å². The van der Waals surface area contributed by atoms with Gasteiger partial charge in [-0.1, -0.05) is 78.9 Å². The summed E-state index contributed by atoms with van der Waals surface area (Å²) in [6.45, 7) is 5.76. The Balaban J connectivity index is 1.11. The highest BCUT2D eigenvalue weighted by Crippen LogP contribution is 2.28. The third kappa shape index (κ3) is 7.92. The molecule has 43 heavy (non-hydrogen) atoms. The second kappa shape index (κ2) is 14.9. The number of allylic oxidation sites excluding steroid dienone is 1. The average molecular weight is 574 g/mol. The number of methoxy groups -OCH3 is 1. The molecular weight excluding hydrogens is 534 g/mol. The molecule has 0 unspecified atom stereocenters. The number of amides is 1. The predicted octanol–water partition coefficient (Wildman–Crippen LogP) is 7.20. The van der Waals surface area contributed by atoms with Crippen LogP contribution in [0.25, 0.3) is 22.2 Å². The van der Waals surface area contributed by atoms with Crippen molar-refractivity contribution in [3.63, 3.8) is 0 Å². The standard InChI is InChI=1S/C37H39N3O3/c1-3-11-28-19-22-34(35(26-28)42-2)43-25-10-24-40-33-15-8-7-14-32(33)39-36(40)16-9-23-38-37(41)27-29-17-20-31(21-18-29)30-12-5-4-6-13-30/h3-8,12-15,17-22,26H,1,9-11,16,23-25,27H2,2H3,(H,38,41). The molecule has 0 fully saturated rings. The molecule has 1 heterocycles. The number of fused-ring (bicyclic) bond motifs is 1. The normalized spacial score (nSPS) is 10.9. The number of hydrogen-bond acceptors (Lipinski definition) is 4. The SMILES string of the molecule is C=CCc1ccc(OCCCn2c(CCCNC(=O)Cc3ccc(-c4ccccc4)cc3)nc3ccccc32)c(OC)c1. The number of rotatable bonds is 15. The maximum absolute atomic E-state index is 12.6. The number of carbonyl (C=O) groups excluding carboxylic acids is 1. The van der Waals surface area contributed by atoms with Gasteiger partial charge in [0.2, 0.25) is 5.91 Å². The van der Waals surface area contributed by atoms with Crippen LogP contribution in [0.2, 0.25) is 0 Å². The lowest BCUT2D eigenvalue weighted by molar-refractivity contribution is -0.120. The van der Waals surface area contributed by atoms with Crippen LogP contribution in [-0.4, -0.2) is 35.7 Å². The highest BCUT2D eigenvalue weighted by atomic mass is 16.5. The summed E-state index contributed by atoms with van der Waals surface area (Å²) >= 11 is 0. The van der Waals surface area contributed by atoms with Crippen LogP contribution in [-0.2, 0) is 30.6 Å². The van der Waals surface area contributed by atoms with Crippen molar-refractivity contribution in [3.05, 3.63) is 127 Å². The summed E-state index contributed by atoms with van der Waals surface area (Å²) in [5.41, 5.74) is 6.57. The molecule has 4 aromatic carbocycles. The molecule has 220 valence electrons. The van der Waals surface area contributed by atoms with Crippen molar-refractivity contribution in [2.24, 2.45) is 0 Å². The van der Waals surface area contributed by atoms with Crippen molar-refractivity contribution in [2.45, 2.75) is 38.6 Å². The monoisotopic (exact) mass is 573 g/mol. The Morgan fingerprint density at radius 1 is 0.884 bits per heavy atom. The first-order valence-corrected chi connectivity index (χ1v) is 14.9. The van der Waals surface area contributed by atoms with E-state index in [9.17, 15) is 4.79 Å². The summed E-state index contributed by atoms with van der Waals surface area (Å²) in [6.07, 6.45) is 5.45. The minimum atomic E-state index is 0.0334. The van der Waals surface area contributed by atoms with Crippen molar-refractivity contribution in [1.82, 2.24) is 14.9 Å². The second-order valence-corrected chi connectivity index (χ2v) is 10.5. The number of para-hydroxylation sites is 2. The lowest BCUT2D eigenvalue weighted by Crippen LogP contribution is -2.26. The molecule has 0 saturated heterocycles. The molecule has 0 bridgehead atoms. The van der Waals surface area contributed by atoms with E-state index in [2.05, 4.69) is 46.8 Å². The van der Waals surface area contributed by atoms with Crippen molar-refractivity contribution < 1.29 is 14.3 Å². The summed E-state index contributed by atoms with van der Waals surface area (Å²) in [7, 11) is 1.66. The minimum absolute atomic E-state index is 0.0334. The highest BCUT2D eigenvalue weighted by Gasteiger charge is 2.12. The molecule has 5 rings (SSSR count). The van der Waals surface area contributed by atoms with Crippen molar-refractivity contribution in [3.8, 4) is 22.6 Å². The van der Waals surface area contributed by atoms with E-state index in [0.29, 0.717) is 19.6 Å². The Morgan fingerprint density at radius 3 is 2.42 bits per heavy atom. The van der Waals surface area contributed by atoms with Crippen LogP contribution in [0, 0.1) is 0 Å². The van der Waals surface area contributed by atoms with Crippen LogP contribution >= 0.6 is 0 Å². The summed E-state index contributed by atoms with van der Waals surface area (Å²) < 4.78 is 13.9. The zero-order valence-electron chi connectivity index (χ0n) is 24.8. The van der Waals surface area contributed by atoms with Gasteiger partial charge < -0.3 is 19.4 Å². The van der Waals surface area contributed by atoms with Crippen LogP contribution in [0.3, 0.4) is 0 Å². The van der Waals surface area contributed by atoms with Gasteiger partial charge in [0.15, 0.2) is 11.5 Å². The number of aromatic nitrogens is 2. The summed E-state index contributed by atoms with van der Waals surface area (Å²) in [5.74, 6) is 2.54. The molecule has 0 saturated carbocycles. The van der Waals surface area contributed by atoms with E-state index < -0.39 is 0 Å². The fourth-order valence-electron chi connectivity index (χ4n) is 5.26. The molecule has 1 N–H and O–H groups in total. The summed E-state index contributed by atoms with van der Waals surface area (Å²) in [4.78, 5) is 17.5. The Morgan fingerprint density at radius 2 is 1.63 bits per heavy atom. The van der Waals surface area contributed by atoms with Crippen LogP contribution in [0.15, 0.2) is 110 Å². The predicted molar refractivity (Wildman–Crippen MR) is 174 cm³/mol. The smallest absolute Gasteiger partial charge is 0.224 e. The van der Waals surface area contributed by atoms with E-state index in [4.69, 9.17) is 14.5 Å². The molecular formula is C37H39N3O3. The van der Waals surface area contributed by atoms with Gasteiger partial charge >= 0.3 is 0 Å². The quantitative estimate of drug-likeness (QED) is 0.106. The Bertz CT molecular complexity index is 1640. The molecule has 1 aromatic heterocycles. The summed E-state index contributed by atoms with van der Waals surface area (Å²) in [6, 6.07) is 32.7. The van der Waals surface area contributed by atoms with E-state index in [1.807, 2.05) is 72.8 Å². The molecule has 6 heteroatoms. The van der Waals surface area contributed by atoms with Crippen LogP contribution in [0.1, 0.15) is 29.8 Å². The van der Waals surface area contributed by atoms with Gasteiger partial charge in [0.25, 0.3) is 0 Å². The zero-order chi connectivity index (χ0) is 29.9. The topological polar surface area (TPSA) is 65.4 Å². The first-order valence-electron chi connectivity index (χ1n) is 14.9. The molecule has 5 aromatic rings. The summed E-state index contributed by atoms with van der Waals surface area (Å²) in [5, 5.41) is 3.08. The highest BCUT2D eigenvalue weighted by molar-refractivity contribution is 5.79. The Labute approximate surface area is 254 Å². The van der Waals surface area contributed by atoms with E-state index >= 15 is 0 Å². The lowest BCUT2D eigenvalue weighted by atomic mass is 10.0. The maximum atomic E-state index is 12.6. The average Bonchev–Trinajstić information content (AvgIpc) is 3.40. The van der Waals surface area contributed by atoms with Gasteiger partial charge in [-0.25, -0.2) is 4.98 Å². The molecule has 0 spiro atoms. The zero-order valence-corrected chi connectivity index (χ0v) is 24.8. The van der Waals surface area contributed by atoms with E-state index in [1.54, 1.807) is 7.11 Å². The van der Waals surface area contributed by atoms with E-state index in [-0.39, 0.29) is 5.91 Å². The van der Waals surface area contributed by atoms with E-state index in [0.717, 1.165) is 77.3 Å². The fraction of sp³-hybridized carbons (Fsp3) is 0.243. The number of hydrogen-bond donors (Lipinski definition) is 1. The van der Waals surface area contributed by atoms with Crippen LogP contribution in [0.5, 0.6) is 11.5 Å². The third-order valence-corrected chi connectivity index (χ3v) is 7.45. The van der Waals surface area contributed by atoms with Crippen LogP contribution in [0.4, 0.5) is 0 Å². The third-order valence-electron chi connectivity index (χ3n) is 7.45. The van der Waals surface area contributed by atoms with Gasteiger partial charge in [0.05, 0.1) is 31.2 Å². The Hall–Kier alpha value is -4.84. The number of aryl methyl sites for hydroxylation is 2. The fourth-order valence-corrected chi connectivity index (χ4v) is 5.26. The number of benzene rings is 4. The van der Waals surface area contributed by atoms with E-state index in [1.165, 1.54) is 5.56 Å². The van der Waals surface area contributed by atoms with Gasteiger partial charge in [-0.2, -0.15) is 0 Å². The number of nitrogens with zero attached hydrogens (tertiary/aromatic N) is 2. The van der Waals surface area contributed by atoms with Crippen molar-refractivity contribution in [1.29, 1.82) is 0 Å². The van der Waals surface area contributed by atoms with Gasteiger partial charge in [-0.3, -0.25) is 4.79 Å². The van der Waals surface area contributed by atoms with Crippen molar-refractivity contribution in [2.75, 3.05) is 20.3 Å². The lowest BCUT2D eigenvalue weighted by Gasteiger charge is -2.13.